The van der Waals surface area contributed by atoms with Crippen molar-refractivity contribution in [1.29, 1.82) is 0 Å². The van der Waals surface area contributed by atoms with Gasteiger partial charge in [0, 0.05) is 34.0 Å². The number of amides is 1. The molecule has 5 heteroatoms. The highest BCUT2D eigenvalue weighted by Gasteiger charge is 2.14. The zero-order chi connectivity index (χ0) is 12.1. The van der Waals surface area contributed by atoms with E-state index in [1.807, 2.05) is 6.92 Å². The second kappa shape index (κ2) is 6.48. The largest absolute Gasteiger partial charge is 0.338 e. The van der Waals surface area contributed by atoms with Gasteiger partial charge in [0.05, 0.1) is 0 Å². The summed E-state index contributed by atoms with van der Waals surface area (Å²) >= 11 is 15.0. The second-order valence-corrected chi connectivity index (χ2v) is 4.90. The highest BCUT2D eigenvalue weighted by Crippen LogP contribution is 2.20. The Morgan fingerprint density at radius 2 is 1.88 bits per heavy atom. The van der Waals surface area contributed by atoms with E-state index in [0.29, 0.717) is 28.7 Å². The fourth-order valence-electron chi connectivity index (χ4n) is 1.37. The number of benzene rings is 1. The summed E-state index contributed by atoms with van der Waals surface area (Å²) in [6.07, 6.45) is 0. The van der Waals surface area contributed by atoms with E-state index in [1.165, 1.54) is 0 Å². The molecule has 0 aliphatic carbocycles. The summed E-state index contributed by atoms with van der Waals surface area (Å²) in [6.45, 7) is 3.26. The lowest BCUT2D eigenvalue weighted by Gasteiger charge is -2.19. The Bertz CT molecular complexity index is 364. The highest BCUT2D eigenvalue weighted by molar-refractivity contribution is 9.09. The summed E-state index contributed by atoms with van der Waals surface area (Å²) in [5.74, 6) is -0.0497. The number of nitrogens with zero attached hydrogens (tertiary/aromatic N) is 1. The van der Waals surface area contributed by atoms with Crippen molar-refractivity contribution in [2.75, 3.05) is 18.4 Å². The van der Waals surface area contributed by atoms with Gasteiger partial charge in [0.1, 0.15) is 0 Å². The first-order valence-corrected chi connectivity index (χ1v) is 6.77. The molecule has 0 saturated heterocycles. The van der Waals surface area contributed by atoms with E-state index in [1.54, 1.807) is 23.1 Å². The standard InChI is InChI=1S/C11H12BrCl2NO/c1-2-15(4-3-12)11(16)8-5-9(13)7-10(14)6-8/h5-7H,2-4H2,1H3. The predicted molar refractivity (Wildman–Crippen MR) is 71.8 cm³/mol. The Morgan fingerprint density at radius 1 is 1.31 bits per heavy atom. The van der Waals surface area contributed by atoms with Gasteiger partial charge < -0.3 is 4.90 Å². The van der Waals surface area contributed by atoms with Crippen molar-refractivity contribution in [2.45, 2.75) is 6.92 Å². The number of carbonyl (C=O) groups is 1. The average Bonchev–Trinajstić information content (AvgIpc) is 2.23. The molecule has 0 saturated carbocycles. The van der Waals surface area contributed by atoms with Crippen LogP contribution in [0.2, 0.25) is 10.0 Å². The lowest BCUT2D eigenvalue weighted by molar-refractivity contribution is 0.0775. The number of rotatable bonds is 4. The number of hydrogen-bond acceptors (Lipinski definition) is 1. The van der Waals surface area contributed by atoms with Crippen molar-refractivity contribution in [2.24, 2.45) is 0 Å². The third-order valence-electron chi connectivity index (χ3n) is 2.13. The van der Waals surface area contributed by atoms with Crippen LogP contribution in [0.1, 0.15) is 17.3 Å². The van der Waals surface area contributed by atoms with Crippen molar-refractivity contribution >= 4 is 45.0 Å². The van der Waals surface area contributed by atoms with Crippen LogP contribution in [0.25, 0.3) is 0 Å². The number of hydrogen-bond donors (Lipinski definition) is 0. The molecular weight excluding hydrogens is 313 g/mol. The molecule has 0 N–H and O–H groups in total. The van der Waals surface area contributed by atoms with E-state index in [9.17, 15) is 4.79 Å². The minimum absolute atomic E-state index is 0.0497. The van der Waals surface area contributed by atoms with E-state index in [4.69, 9.17) is 23.2 Å². The minimum Gasteiger partial charge on any atom is -0.338 e. The second-order valence-electron chi connectivity index (χ2n) is 3.23. The zero-order valence-corrected chi connectivity index (χ0v) is 11.9. The van der Waals surface area contributed by atoms with Crippen molar-refractivity contribution < 1.29 is 4.79 Å². The fraction of sp³-hybridized carbons (Fsp3) is 0.364. The van der Waals surface area contributed by atoms with Crippen LogP contribution in [0.4, 0.5) is 0 Å². The van der Waals surface area contributed by atoms with Crippen LogP contribution >= 0.6 is 39.1 Å². The molecule has 0 aromatic heterocycles. The molecule has 0 unspecified atom stereocenters. The fourth-order valence-corrected chi connectivity index (χ4v) is 2.32. The minimum atomic E-state index is -0.0497. The molecule has 0 spiro atoms. The molecule has 0 aliphatic heterocycles. The molecule has 0 aliphatic rings. The van der Waals surface area contributed by atoms with Gasteiger partial charge in [0.2, 0.25) is 0 Å². The molecule has 2 nitrogen and oxygen atoms in total. The first-order chi connectivity index (χ1) is 7.58. The van der Waals surface area contributed by atoms with Crippen LogP contribution < -0.4 is 0 Å². The van der Waals surface area contributed by atoms with Gasteiger partial charge in [-0.25, -0.2) is 0 Å². The smallest absolute Gasteiger partial charge is 0.253 e. The Labute approximate surface area is 114 Å². The van der Waals surface area contributed by atoms with Crippen molar-refractivity contribution in [1.82, 2.24) is 4.90 Å². The van der Waals surface area contributed by atoms with Gasteiger partial charge in [-0.15, -0.1) is 0 Å². The molecule has 0 heterocycles. The molecule has 0 atom stereocenters. The maximum Gasteiger partial charge on any atom is 0.253 e. The molecule has 16 heavy (non-hydrogen) atoms. The summed E-state index contributed by atoms with van der Waals surface area (Å²) in [5, 5.41) is 1.71. The van der Waals surface area contributed by atoms with E-state index >= 15 is 0 Å². The van der Waals surface area contributed by atoms with Crippen LogP contribution in [0.3, 0.4) is 0 Å². The zero-order valence-electron chi connectivity index (χ0n) is 8.84. The number of halogens is 3. The third kappa shape index (κ3) is 3.65. The molecule has 1 aromatic rings. The predicted octanol–water partition coefficient (Wildman–Crippen LogP) is 3.85. The Hall–Kier alpha value is -0.250. The van der Waals surface area contributed by atoms with E-state index in [-0.39, 0.29) is 5.91 Å². The first-order valence-electron chi connectivity index (χ1n) is 4.89. The van der Waals surface area contributed by atoms with Crippen LogP contribution in [-0.2, 0) is 0 Å². The Kier molecular flexibility index (Phi) is 5.59. The molecule has 0 bridgehead atoms. The summed E-state index contributed by atoms with van der Waals surface area (Å²) in [7, 11) is 0. The molecule has 0 fully saturated rings. The molecule has 0 radical (unpaired) electrons. The summed E-state index contributed by atoms with van der Waals surface area (Å²) in [6, 6.07) is 4.87. The van der Waals surface area contributed by atoms with Gasteiger partial charge in [-0.3, -0.25) is 4.79 Å². The molecule has 1 aromatic carbocycles. The maximum absolute atomic E-state index is 12.1. The van der Waals surface area contributed by atoms with Gasteiger partial charge in [0.15, 0.2) is 0 Å². The quantitative estimate of drug-likeness (QED) is 0.770. The Balaban J connectivity index is 2.94. The molecule has 88 valence electrons. The van der Waals surface area contributed by atoms with Crippen molar-refractivity contribution in [3.05, 3.63) is 33.8 Å². The van der Waals surface area contributed by atoms with Gasteiger partial charge in [-0.05, 0) is 25.1 Å². The van der Waals surface area contributed by atoms with Crippen LogP contribution in [0.15, 0.2) is 18.2 Å². The van der Waals surface area contributed by atoms with E-state index in [0.717, 1.165) is 5.33 Å². The van der Waals surface area contributed by atoms with Gasteiger partial charge in [-0.1, -0.05) is 39.1 Å². The van der Waals surface area contributed by atoms with E-state index < -0.39 is 0 Å². The number of carbonyl (C=O) groups excluding carboxylic acids is 1. The normalized spacial score (nSPS) is 10.2. The molecule has 1 rings (SSSR count). The van der Waals surface area contributed by atoms with Gasteiger partial charge in [-0.2, -0.15) is 0 Å². The van der Waals surface area contributed by atoms with Crippen LogP contribution in [-0.4, -0.2) is 29.2 Å². The average molecular weight is 325 g/mol. The third-order valence-corrected chi connectivity index (χ3v) is 2.92. The lowest BCUT2D eigenvalue weighted by atomic mass is 10.2. The van der Waals surface area contributed by atoms with Crippen LogP contribution in [0, 0.1) is 0 Å². The summed E-state index contributed by atoms with van der Waals surface area (Å²) in [5.41, 5.74) is 0.528. The highest BCUT2D eigenvalue weighted by atomic mass is 79.9. The van der Waals surface area contributed by atoms with E-state index in [2.05, 4.69) is 15.9 Å². The summed E-state index contributed by atoms with van der Waals surface area (Å²) in [4.78, 5) is 13.8. The Morgan fingerprint density at radius 3 is 2.31 bits per heavy atom. The van der Waals surface area contributed by atoms with Crippen molar-refractivity contribution in [3.63, 3.8) is 0 Å². The SMILES string of the molecule is CCN(CCBr)C(=O)c1cc(Cl)cc(Cl)c1. The maximum atomic E-state index is 12.1. The summed E-state index contributed by atoms with van der Waals surface area (Å²) < 4.78 is 0. The monoisotopic (exact) mass is 323 g/mol. The molecular formula is C11H12BrCl2NO. The first kappa shape index (κ1) is 13.8. The lowest BCUT2D eigenvalue weighted by Crippen LogP contribution is -2.32. The van der Waals surface area contributed by atoms with Gasteiger partial charge in [0.25, 0.3) is 5.91 Å². The van der Waals surface area contributed by atoms with Crippen LogP contribution in [0.5, 0.6) is 0 Å². The number of alkyl halides is 1. The van der Waals surface area contributed by atoms with Gasteiger partial charge >= 0.3 is 0 Å². The van der Waals surface area contributed by atoms with Crippen molar-refractivity contribution in [3.8, 4) is 0 Å². The molecule has 1 amide bonds. The topological polar surface area (TPSA) is 20.3 Å².